The summed E-state index contributed by atoms with van der Waals surface area (Å²) in [6, 6.07) is 1.12. The molecule has 1 saturated heterocycles. The first kappa shape index (κ1) is 17.5. The molecule has 0 aliphatic carbocycles. The Morgan fingerprint density at radius 3 is 2.62 bits per heavy atom. The first-order chi connectivity index (χ1) is 9.60. The molecule has 2 heterocycles. The minimum absolute atomic E-state index is 0. The Morgan fingerprint density at radius 1 is 1.43 bits per heavy atom. The summed E-state index contributed by atoms with van der Waals surface area (Å²) in [6.45, 7) is 3.08. The summed E-state index contributed by atoms with van der Waals surface area (Å²) in [5.74, 6) is -0.650. The van der Waals surface area contributed by atoms with Crippen LogP contribution in [-0.4, -0.2) is 47.9 Å². The standard InChI is InChI=1S/C13H20N4O3.ClH/c1-10(11(18)20-2)16-12(19)13(4-7-14-8-5-13)17-9-3-6-15-17;/h3,6,9-10,14H,4-5,7-8H2,1-2H3,(H,16,19);1H/t10-;/m1./s1. The lowest BCUT2D eigenvalue weighted by molar-refractivity contribution is -0.146. The van der Waals surface area contributed by atoms with Crippen LogP contribution in [0.2, 0.25) is 0 Å². The molecule has 1 aliphatic rings. The molecule has 2 rings (SSSR count). The molecule has 1 aliphatic heterocycles. The number of methoxy groups -OCH3 is 1. The number of halogens is 1. The van der Waals surface area contributed by atoms with Crippen LogP contribution in [0, 0.1) is 0 Å². The summed E-state index contributed by atoms with van der Waals surface area (Å²) in [5, 5.41) is 10.2. The molecule has 1 aromatic heterocycles. The normalized spacial score (nSPS) is 18.2. The Morgan fingerprint density at radius 2 is 2.10 bits per heavy atom. The second-order valence-electron chi connectivity index (χ2n) is 4.95. The number of hydrogen-bond donors (Lipinski definition) is 2. The summed E-state index contributed by atoms with van der Waals surface area (Å²) < 4.78 is 6.32. The molecule has 21 heavy (non-hydrogen) atoms. The minimum atomic E-state index is -0.739. The molecule has 0 saturated carbocycles. The van der Waals surface area contributed by atoms with Crippen molar-refractivity contribution in [3.05, 3.63) is 18.5 Å². The third kappa shape index (κ3) is 3.54. The molecule has 0 bridgehead atoms. The lowest BCUT2D eigenvalue weighted by Gasteiger charge is -2.37. The fraction of sp³-hybridized carbons (Fsp3) is 0.615. The third-order valence-electron chi connectivity index (χ3n) is 3.70. The van der Waals surface area contributed by atoms with E-state index < -0.39 is 17.6 Å². The van der Waals surface area contributed by atoms with E-state index >= 15 is 0 Å². The van der Waals surface area contributed by atoms with Gasteiger partial charge in [-0.15, -0.1) is 12.4 Å². The van der Waals surface area contributed by atoms with E-state index in [1.807, 2.05) is 0 Å². The molecule has 1 amide bonds. The monoisotopic (exact) mass is 316 g/mol. The van der Waals surface area contributed by atoms with Crippen LogP contribution in [0.25, 0.3) is 0 Å². The molecule has 0 aromatic carbocycles. The summed E-state index contributed by atoms with van der Waals surface area (Å²) >= 11 is 0. The molecule has 1 aromatic rings. The molecule has 0 unspecified atom stereocenters. The minimum Gasteiger partial charge on any atom is -0.467 e. The van der Waals surface area contributed by atoms with Gasteiger partial charge in [-0.05, 0) is 38.9 Å². The van der Waals surface area contributed by atoms with E-state index in [1.54, 1.807) is 30.1 Å². The molecule has 0 spiro atoms. The number of aromatic nitrogens is 2. The van der Waals surface area contributed by atoms with E-state index in [-0.39, 0.29) is 18.3 Å². The number of esters is 1. The van der Waals surface area contributed by atoms with Gasteiger partial charge >= 0.3 is 5.97 Å². The van der Waals surface area contributed by atoms with Crippen molar-refractivity contribution in [3.63, 3.8) is 0 Å². The van der Waals surface area contributed by atoms with Crippen LogP contribution in [0.3, 0.4) is 0 Å². The Bertz CT molecular complexity index is 472. The highest BCUT2D eigenvalue weighted by Crippen LogP contribution is 2.27. The number of ether oxygens (including phenoxy) is 1. The lowest BCUT2D eigenvalue weighted by Crippen LogP contribution is -2.57. The molecule has 8 heteroatoms. The number of amides is 1. The summed E-state index contributed by atoms with van der Waals surface area (Å²) in [7, 11) is 1.30. The fourth-order valence-electron chi connectivity index (χ4n) is 2.49. The number of carbonyl (C=O) groups is 2. The Kier molecular flexibility index (Phi) is 6.17. The molecular formula is C13H21ClN4O3. The van der Waals surface area contributed by atoms with Crippen molar-refractivity contribution in [3.8, 4) is 0 Å². The summed E-state index contributed by atoms with van der Waals surface area (Å²) in [6.07, 6.45) is 4.71. The van der Waals surface area contributed by atoms with Gasteiger partial charge in [-0.3, -0.25) is 9.48 Å². The third-order valence-corrected chi connectivity index (χ3v) is 3.70. The Balaban J connectivity index is 0.00000220. The predicted molar refractivity (Wildman–Crippen MR) is 79.2 cm³/mol. The van der Waals surface area contributed by atoms with E-state index in [2.05, 4.69) is 20.5 Å². The van der Waals surface area contributed by atoms with E-state index in [0.717, 1.165) is 13.1 Å². The number of carbonyl (C=O) groups excluding carboxylic acids is 2. The average molecular weight is 317 g/mol. The molecule has 2 N–H and O–H groups in total. The Labute approximate surface area is 129 Å². The van der Waals surface area contributed by atoms with Crippen LogP contribution in [-0.2, 0) is 19.9 Å². The van der Waals surface area contributed by atoms with Crippen molar-refractivity contribution in [2.45, 2.75) is 31.3 Å². The molecule has 118 valence electrons. The van der Waals surface area contributed by atoms with Crippen LogP contribution >= 0.6 is 12.4 Å². The first-order valence-electron chi connectivity index (χ1n) is 6.70. The van der Waals surface area contributed by atoms with E-state index in [1.165, 1.54) is 7.11 Å². The van der Waals surface area contributed by atoms with Crippen LogP contribution < -0.4 is 10.6 Å². The fourth-order valence-corrected chi connectivity index (χ4v) is 2.49. The number of hydrogen-bond acceptors (Lipinski definition) is 5. The molecular weight excluding hydrogens is 296 g/mol. The largest absolute Gasteiger partial charge is 0.467 e. The second-order valence-corrected chi connectivity index (χ2v) is 4.95. The maximum atomic E-state index is 12.6. The van der Waals surface area contributed by atoms with Gasteiger partial charge < -0.3 is 15.4 Å². The van der Waals surface area contributed by atoms with Crippen LogP contribution in [0.4, 0.5) is 0 Å². The van der Waals surface area contributed by atoms with Gasteiger partial charge in [0, 0.05) is 12.4 Å². The highest BCUT2D eigenvalue weighted by atomic mass is 35.5. The number of rotatable bonds is 4. The lowest BCUT2D eigenvalue weighted by atomic mass is 9.87. The summed E-state index contributed by atoms with van der Waals surface area (Å²) in [5.41, 5.74) is -0.739. The molecule has 7 nitrogen and oxygen atoms in total. The average Bonchev–Trinajstić information content (AvgIpc) is 3.01. The molecule has 1 fully saturated rings. The smallest absolute Gasteiger partial charge is 0.328 e. The van der Waals surface area contributed by atoms with Gasteiger partial charge in [-0.2, -0.15) is 5.10 Å². The van der Waals surface area contributed by atoms with Crippen LogP contribution in [0.15, 0.2) is 18.5 Å². The SMILES string of the molecule is COC(=O)[C@@H](C)NC(=O)C1(n2cccn2)CCNCC1.Cl. The predicted octanol–water partition coefficient (Wildman–Crippen LogP) is 0.0613. The zero-order chi connectivity index (χ0) is 14.6. The van der Waals surface area contributed by atoms with Gasteiger partial charge in [-0.25, -0.2) is 4.79 Å². The van der Waals surface area contributed by atoms with Gasteiger partial charge in [0.05, 0.1) is 7.11 Å². The van der Waals surface area contributed by atoms with Crippen molar-refractivity contribution in [2.75, 3.05) is 20.2 Å². The highest BCUT2D eigenvalue weighted by molar-refractivity contribution is 5.89. The van der Waals surface area contributed by atoms with Gasteiger partial charge in [0.2, 0.25) is 5.91 Å². The van der Waals surface area contributed by atoms with Crippen molar-refractivity contribution in [1.82, 2.24) is 20.4 Å². The van der Waals surface area contributed by atoms with Gasteiger partial charge in [0.25, 0.3) is 0 Å². The van der Waals surface area contributed by atoms with E-state index in [9.17, 15) is 9.59 Å². The zero-order valence-corrected chi connectivity index (χ0v) is 13.0. The van der Waals surface area contributed by atoms with Crippen molar-refractivity contribution in [2.24, 2.45) is 0 Å². The van der Waals surface area contributed by atoms with Crippen molar-refractivity contribution >= 4 is 24.3 Å². The zero-order valence-electron chi connectivity index (χ0n) is 12.2. The van der Waals surface area contributed by atoms with Crippen LogP contribution in [0.1, 0.15) is 19.8 Å². The number of nitrogens with one attached hydrogen (secondary N) is 2. The molecule has 1 atom stereocenters. The second kappa shape index (κ2) is 7.42. The summed E-state index contributed by atoms with van der Waals surface area (Å²) in [4.78, 5) is 24.1. The van der Waals surface area contributed by atoms with Crippen LogP contribution in [0.5, 0.6) is 0 Å². The van der Waals surface area contributed by atoms with E-state index in [0.29, 0.717) is 12.8 Å². The van der Waals surface area contributed by atoms with Gasteiger partial charge in [0.1, 0.15) is 11.6 Å². The van der Waals surface area contributed by atoms with Crippen molar-refractivity contribution < 1.29 is 14.3 Å². The quantitative estimate of drug-likeness (QED) is 0.767. The van der Waals surface area contributed by atoms with Gasteiger partial charge in [0.15, 0.2) is 0 Å². The topological polar surface area (TPSA) is 85.2 Å². The van der Waals surface area contributed by atoms with Crippen molar-refractivity contribution in [1.29, 1.82) is 0 Å². The Hall–Kier alpha value is -1.60. The maximum absolute atomic E-state index is 12.6. The number of nitrogens with zero attached hydrogens (tertiary/aromatic N) is 2. The first-order valence-corrected chi connectivity index (χ1v) is 6.70. The maximum Gasteiger partial charge on any atom is 0.328 e. The van der Waals surface area contributed by atoms with Gasteiger partial charge in [-0.1, -0.05) is 0 Å². The van der Waals surface area contributed by atoms with E-state index in [4.69, 9.17) is 0 Å². The number of piperidine rings is 1. The highest BCUT2D eigenvalue weighted by Gasteiger charge is 2.42. The molecule has 0 radical (unpaired) electrons.